The van der Waals surface area contributed by atoms with E-state index in [0.29, 0.717) is 29.5 Å². The van der Waals surface area contributed by atoms with Crippen LogP contribution < -0.4 is 15.0 Å². The standard InChI is InChI=1S/C31H34Cl2N4O5/c32-26-4-3-5-27(31(26)33)36-13-11-35(12-14-36)10-1-2-15-42-24-6-7-25-21(18-24)16-23(38)17-22(25)19-34-28(39)20-37-29(40)8-9-30(37)41/h3-9,18,22H,1-2,10-17,19-20H2,(H,34,39). The van der Waals surface area contributed by atoms with Crippen LogP contribution in [0.15, 0.2) is 48.6 Å². The highest BCUT2D eigenvalue weighted by molar-refractivity contribution is 6.43. The van der Waals surface area contributed by atoms with Crippen LogP contribution in [0.25, 0.3) is 0 Å². The number of nitrogens with zero attached hydrogens (tertiary/aromatic N) is 3. The van der Waals surface area contributed by atoms with Crippen molar-refractivity contribution in [1.29, 1.82) is 0 Å². The van der Waals surface area contributed by atoms with E-state index in [4.69, 9.17) is 27.9 Å². The molecule has 1 aliphatic carbocycles. The van der Waals surface area contributed by atoms with E-state index < -0.39 is 17.7 Å². The molecule has 0 aromatic heterocycles. The van der Waals surface area contributed by atoms with Crippen LogP contribution in [0.5, 0.6) is 5.75 Å². The molecule has 3 amide bonds. The number of anilines is 1. The molecule has 2 heterocycles. The first-order chi connectivity index (χ1) is 20.3. The number of carbonyl (C=O) groups excluding carboxylic acids is 4. The zero-order valence-electron chi connectivity index (χ0n) is 23.3. The Morgan fingerprint density at radius 1 is 0.976 bits per heavy atom. The summed E-state index contributed by atoms with van der Waals surface area (Å²) in [6.45, 7) is 5.26. The maximum absolute atomic E-state index is 12.5. The summed E-state index contributed by atoms with van der Waals surface area (Å²) >= 11 is 12.6. The largest absolute Gasteiger partial charge is 0.494 e. The van der Waals surface area contributed by atoms with Gasteiger partial charge in [-0.3, -0.25) is 29.0 Å². The van der Waals surface area contributed by atoms with Gasteiger partial charge in [0.25, 0.3) is 11.8 Å². The van der Waals surface area contributed by atoms with E-state index in [2.05, 4.69) is 15.1 Å². The Morgan fingerprint density at radius 3 is 2.50 bits per heavy atom. The number of unbranched alkanes of at least 4 members (excludes halogenated alkanes) is 1. The Balaban J connectivity index is 1.03. The van der Waals surface area contributed by atoms with Gasteiger partial charge in [0.2, 0.25) is 5.91 Å². The molecule has 2 aliphatic heterocycles. The van der Waals surface area contributed by atoms with Gasteiger partial charge in [0.1, 0.15) is 18.1 Å². The number of ether oxygens (including phenoxy) is 1. The molecule has 5 rings (SSSR count). The molecule has 9 nitrogen and oxygen atoms in total. The van der Waals surface area contributed by atoms with E-state index in [9.17, 15) is 19.2 Å². The van der Waals surface area contributed by atoms with Crippen LogP contribution in [-0.2, 0) is 25.6 Å². The minimum absolute atomic E-state index is 0.103. The molecular formula is C31H34Cl2N4O5. The number of Topliss-reactive ketones (excluding diaryl/α,β-unsaturated/α-hetero) is 1. The van der Waals surface area contributed by atoms with Crippen molar-refractivity contribution in [2.75, 3.05) is 57.3 Å². The number of ketones is 1. The lowest BCUT2D eigenvalue weighted by Gasteiger charge is -2.36. The van der Waals surface area contributed by atoms with Crippen molar-refractivity contribution in [3.63, 3.8) is 0 Å². The van der Waals surface area contributed by atoms with E-state index in [1.165, 1.54) is 0 Å². The first kappa shape index (κ1) is 30.1. The first-order valence-electron chi connectivity index (χ1n) is 14.3. The monoisotopic (exact) mass is 612 g/mol. The van der Waals surface area contributed by atoms with Gasteiger partial charge in [-0.2, -0.15) is 0 Å². The number of amides is 3. The van der Waals surface area contributed by atoms with Gasteiger partial charge in [-0.05, 0) is 54.8 Å². The molecule has 2 aromatic rings. The van der Waals surface area contributed by atoms with Crippen LogP contribution in [0, 0.1) is 0 Å². The van der Waals surface area contributed by atoms with Crippen molar-refractivity contribution in [2.24, 2.45) is 0 Å². The van der Waals surface area contributed by atoms with Crippen molar-refractivity contribution >= 4 is 52.4 Å². The van der Waals surface area contributed by atoms with Crippen molar-refractivity contribution in [2.45, 2.75) is 31.6 Å². The highest BCUT2D eigenvalue weighted by atomic mass is 35.5. The number of hydrogen-bond donors (Lipinski definition) is 1. The Bertz CT molecular complexity index is 1370. The average Bonchev–Trinajstić information content (AvgIpc) is 3.29. The third-order valence-corrected chi connectivity index (χ3v) is 8.75. The summed E-state index contributed by atoms with van der Waals surface area (Å²) in [5.74, 6) is -0.772. The molecule has 3 aliphatic rings. The molecule has 1 N–H and O–H groups in total. The third-order valence-electron chi connectivity index (χ3n) is 7.95. The van der Waals surface area contributed by atoms with Gasteiger partial charge >= 0.3 is 0 Å². The molecule has 222 valence electrons. The number of piperazine rings is 1. The van der Waals surface area contributed by atoms with E-state index in [0.717, 1.165) is 85.2 Å². The molecule has 1 unspecified atom stereocenters. The molecule has 1 saturated heterocycles. The van der Waals surface area contributed by atoms with Crippen LogP contribution in [0.2, 0.25) is 10.0 Å². The zero-order chi connectivity index (χ0) is 29.6. The summed E-state index contributed by atoms with van der Waals surface area (Å²) in [6, 6.07) is 11.6. The summed E-state index contributed by atoms with van der Waals surface area (Å²) in [7, 11) is 0. The fourth-order valence-electron chi connectivity index (χ4n) is 5.67. The van der Waals surface area contributed by atoms with E-state index in [-0.39, 0.29) is 24.8 Å². The fourth-order valence-corrected chi connectivity index (χ4v) is 6.09. The van der Waals surface area contributed by atoms with Gasteiger partial charge in [0.05, 0.1) is 22.3 Å². The molecule has 1 fully saturated rings. The summed E-state index contributed by atoms with van der Waals surface area (Å²) in [6.07, 6.45) is 4.90. The van der Waals surface area contributed by atoms with Crippen LogP contribution >= 0.6 is 23.2 Å². The van der Waals surface area contributed by atoms with Gasteiger partial charge in [-0.1, -0.05) is 35.3 Å². The first-order valence-corrected chi connectivity index (χ1v) is 15.0. The quantitative estimate of drug-likeness (QED) is 0.306. The molecule has 0 radical (unpaired) electrons. The molecule has 11 heteroatoms. The van der Waals surface area contributed by atoms with Crippen LogP contribution in [0.1, 0.15) is 36.3 Å². The van der Waals surface area contributed by atoms with Crippen LogP contribution in [0.3, 0.4) is 0 Å². The molecule has 1 atom stereocenters. The minimum atomic E-state index is -0.501. The maximum atomic E-state index is 12.5. The Hall–Kier alpha value is -3.40. The SMILES string of the molecule is O=C1Cc2cc(OCCCCN3CCN(c4cccc(Cl)c4Cl)CC3)ccc2C(CNC(=O)CN2C(=O)C=CC2=O)C1. The normalized spacial score (nSPS) is 18.9. The Kier molecular flexibility index (Phi) is 9.82. The molecule has 2 aromatic carbocycles. The molecular weight excluding hydrogens is 579 g/mol. The van der Waals surface area contributed by atoms with Gasteiger partial charge in [0.15, 0.2) is 0 Å². The molecule has 0 saturated carbocycles. The Labute approximate surface area is 255 Å². The lowest BCUT2D eigenvalue weighted by atomic mass is 9.82. The van der Waals surface area contributed by atoms with E-state index in [1.54, 1.807) is 6.07 Å². The van der Waals surface area contributed by atoms with Gasteiger partial charge in [-0.15, -0.1) is 0 Å². The van der Waals surface area contributed by atoms with Crippen molar-refractivity contribution in [1.82, 2.24) is 15.1 Å². The number of fused-ring (bicyclic) bond motifs is 1. The minimum Gasteiger partial charge on any atom is -0.494 e. The van der Waals surface area contributed by atoms with E-state index in [1.807, 2.05) is 30.3 Å². The summed E-state index contributed by atoms with van der Waals surface area (Å²) in [5.41, 5.74) is 2.91. The van der Waals surface area contributed by atoms with Gasteiger partial charge in [0, 0.05) is 63.6 Å². The second kappa shape index (κ2) is 13.7. The summed E-state index contributed by atoms with van der Waals surface area (Å²) in [4.78, 5) is 53.8. The topological polar surface area (TPSA) is 99.3 Å². The van der Waals surface area contributed by atoms with Crippen LogP contribution in [0.4, 0.5) is 5.69 Å². The number of halogens is 2. The Morgan fingerprint density at radius 2 is 1.74 bits per heavy atom. The van der Waals surface area contributed by atoms with Crippen molar-refractivity contribution in [3.8, 4) is 5.75 Å². The lowest BCUT2D eigenvalue weighted by molar-refractivity contribution is -0.141. The number of imide groups is 1. The second-order valence-corrected chi connectivity index (χ2v) is 11.6. The highest BCUT2D eigenvalue weighted by Crippen LogP contribution is 2.33. The average molecular weight is 614 g/mol. The van der Waals surface area contributed by atoms with Crippen molar-refractivity contribution in [3.05, 3.63) is 69.7 Å². The smallest absolute Gasteiger partial charge is 0.254 e. The third kappa shape index (κ3) is 7.32. The predicted octanol–water partition coefficient (Wildman–Crippen LogP) is 3.61. The number of carbonyl (C=O) groups is 4. The predicted molar refractivity (Wildman–Crippen MR) is 161 cm³/mol. The van der Waals surface area contributed by atoms with Gasteiger partial charge < -0.3 is 15.0 Å². The van der Waals surface area contributed by atoms with Crippen molar-refractivity contribution < 1.29 is 23.9 Å². The lowest BCUT2D eigenvalue weighted by Crippen LogP contribution is -2.46. The summed E-state index contributed by atoms with van der Waals surface area (Å²) < 4.78 is 6.01. The van der Waals surface area contributed by atoms with E-state index >= 15 is 0 Å². The molecule has 0 bridgehead atoms. The van der Waals surface area contributed by atoms with Gasteiger partial charge in [-0.25, -0.2) is 0 Å². The maximum Gasteiger partial charge on any atom is 0.254 e. The number of nitrogens with one attached hydrogen (secondary N) is 1. The number of benzene rings is 2. The summed E-state index contributed by atoms with van der Waals surface area (Å²) in [5, 5.41) is 3.97. The second-order valence-electron chi connectivity index (χ2n) is 10.8. The zero-order valence-corrected chi connectivity index (χ0v) is 24.8. The fraction of sp³-hybridized carbons (Fsp3) is 0.419. The number of rotatable bonds is 11. The molecule has 42 heavy (non-hydrogen) atoms. The van der Waals surface area contributed by atoms with Crippen LogP contribution in [-0.4, -0.2) is 85.7 Å². The number of hydrogen-bond acceptors (Lipinski definition) is 7. The highest BCUT2D eigenvalue weighted by Gasteiger charge is 2.28. The molecule has 0 spiro atoms.